The van der Waals surface area contributed by atoms with E-state index in [1.165, 1.54) is 19.4 Å². The maximum atomic E-state index is 13.8. The molecule has 0 atom stereocenters. The van der Waals surface area contributed by atoms with E-state index in [0.29, 0.717) is 12.2 Å². The predicted molar refractivity (Wildman–Crippen MR) is 122 cm³/mol. The third-order valence-electron chi connectivity index (χ3n) is 5.08. The van der Waals surface area contributed by atoms with Crippen molar-refractivity contribution in [1.29, 1.82) is 0 Å². The van der Waals surface area contributed by atoms with Crippen molar-refractivity contribution in [1.82, 2.24) is 25.1 Å². The molecule has 0 saturated carbocycles. The van der Waals surface area contributed by atoms with Gasteiger partial charge in [0.2, 0.25) is 11.8 Å². The van der Waals surface area contributed by atoms with Crippen LogP contribution in [0.25, 0.3) is 11.1 Å². The molecule has 0 bridgehead atoms. The molecule has 174 valence electrons. The van der Waals surface area contributed by atoms with Crippen LogP contribution in [-0.2, 0) is 23.6 Å². The van der Waals surface area contributed by atoms with Gasteiger partial charge in [-0.05, 0) is 22.8 Å². The van der Waals surface area contributed by atoms with Gasteiger partial charge in [0.15, 0.2) is 0 Å². The Morgan fingerprint density at radius 1 is 1.03 bits per heavy atom. The number of rotatable bonds is 8. The lowest BCUT2D eigenvalue weighted by molar-refractivity contribution is -0.115. The molecule has 0 aliphatic carbocycles. The molecule has 10 heteroatoms. The summed E-state index contributed by atoms with van der Waals surface area (Å²) in [4.78, 5) is 25.1. The fourth-order valence-electron chi connectivity index (χ4n) is 3.36. The van der Waals surface area contributed by atoms with Gasteiger partial charge in [0.25, 0.3) is 5.92 Å². The van der Waals surface area contributed by atoms with Crippen molar-refractivity contribution in [3.05, 3.63) is 83.8 Å². The zero-order chi connectivity index (χ0) is 24.1. The summed E-state index contributed by atoms with van der Waals surface area (Å²) >= 11 is 0. The summed E-state index contributed by atoms with van der Waals surface area (Å²) in [6.07, 6.45) is 8.98. The second-order valence-corrected chi connectivity index (χ2v) is 7.76. The van der Waals surface area contributed by atoms with E-state index in [9.17, 15) is 13.6 Å². The molecule has 8 nitrogen and oxygen atoms in total. The molecular weight excluding hydrogens is 442 g/mol. The number of hydrogen-bond acceptors (Lipinski definition) is 6. The second-order valence-electron chi connectivity index (χ2n) is 7.76. The summed E-state index contributed by atoms with van der Waals surface area (Å²) in [6.45, 7) is 0.748. The van der Waals surface area contributed by atoms with Gasteiger partial charge < -0.3 is 10.1 Å². The topological polar surface area (TPSA) is 106 Å². The lowest BCUT2D eigenvalue weighted by Gasteiger charge is -2.15. The van der Waals surface area contributed by atoms with E-state index in [1.807, 2.05) is 24.3 Å². The van der Waals surface area contributed by atoms with Crippen LogP contribution in [0.5, 0.6) is 5.88 Å². The average Bonchev–Trinajstić information content (AvgIpc) is 3.32. The number of carbonyl (C=O) groups is 1. The smallest absolute Gasteiger partial charge is 0.275 e. The number of ether oxygens (including phenoxy) is 1. The number of hydrogen-bond donors (Lipinski definition) is 2. The van der Waals surface area contributed by atoms with Gasteiger partial charge in [-0.3, -0.25) is 9.89 Å². The standard InChI is InChI=1S/C24H22F2N6O2/c1-24(25,26)20-9-19(14-29-23(20)34-2)32-22(33)8-15-3-5-17(6-4-15)18-12-27-21(28-13-18)7-16-10-30-31-11-16/h3-6,9-14H,7-8H2,1-2H3,(H,30,31)(H,32,33). The molecule has 0 unspecified atom stereocenters. The zero-order valence-corrected chi connectivity index (χ0v) is 18.5. The number of amides is 1. The van der Waals surface area contributed by atoms with Gasteiger partial charge in [-0.2, -0.15) is 5.10 Å². The Bertz CT molecular complexity index is 1250. The molecule has 0 spiro atoms. The van der Waals surface area contributed by atoms with Crippen molar-refractivity contribution in [2.24, 2.45) is 0 Å². The number of benzene rings is 1. The van der Waals surface area contributed by atoms with Crippen molar-refractivity contribution >= 4 is 11.6 Å². The maximum absolute atomic E-state index is 13.8. The van der Waals surface area contributed by atoms with Gasteiger partial charge in [0.1, 0.15) is 5.82 Å². The summed E-state index contributed by atoms with van der Waals surface area (Å²) in [6, 6.07) is 8.57. The number of methoxy groups -OCH3 is 1. The minimum atomic E-state index is -3.16. The Labute approximate surface area is 194 Å². The van der Waals surface area contributed by atoms with Gasteiger partial charge >= 0.3 is 0 Å². The molecule has 0 aliphatic rings. The first kappa shape index (κ1) is 23.0. The van der Waals surface area contributed by atoms with E-state index in [-0.39, 0.29) is 23.9 Å². The van der Waals surface area contributed by atoms with E-state index in [1.54, 1.807) is 24.8 Å². The van der Waals surface area contributed by atoms with Crippen LogP contribution in [0.2, 0.25) is 0 Å². The van der Waals surface area contributed by atoms with Crippen LogP contribution < -0.4 is 10.1 Å². The number of pyridine rings is 1. The van der Waals surface area contributed by atoms with Crippen molar-refractivity contribution in [2.75, 3.05) is 12.4 Å². The highest BCUT2D eigenvalue weighted by molar-refractivity contribution is 5.92. The summed E-state index contributed by atoms with van der Waals surface area (Å²) in [5, 5.41) is 9.28. The number of alkyl halides is 2. The van der Waals surface area contributed by atoms with Gasteiger partial charge in [-0.1, -0.05) is 24.3 Å². The molecule has 4 aromatic rings. The van der Waals surface area contributed by atoms with Crippen LogP contribution in [0.3, 0.4) is 0 Å². The fraction of sp³-hybridized carbons (Fsp3) is 0.208. The van der Waals surface area contributed by atoms with Crippen LogP contribution in [0.1, 0.15) is 29.4 Å². The molecule has 2 N–H and O–H groups in total. The number of H-pyrrole nitrogens is 1. The van der Waals surface area contributed by atoms with Gasteiger partial charge in [-0.15, -0.1) is 0 Å². The number of aromatic amines is 1. The minimum absolute atomic E-state index is 0.0737. The molecule has 0 fully saturated rings. The Morgan fingerprint density at radius 2 is 1.76 bits per heavy atom. The highest BCUT2D eigenvalue weighted by Gasteiger charge is 2.30. The highest BCUT2D eigenvalue weighted by Crippen LogP contribution is 2.34. The average molecular weight is 464 g/mol. The molecule has 0 aliphatic heterocycles. The third kappa shape index (κ3) is 5.58. The van der Waals surface area contributed by atoms with Crippen molar-refractivity contribution in [3.63, 3.8) is 0 Å². The van der Waals surface area contributed by atoms with Crippen molar-refractivity contribution < 1.29 is 18.3 Å². The quantitative estimate of drug-likeness (QED) is 0.406. The Hall–Kier alpha value is -4.21. The summed E-state index contributed by atoms with van der Waals surface area (Å²) in [7, 11) is 1.27. The van der Waals surface area contributed by atoms with Crippen LogP contribution in [-0.4, -0.2) is 38.2 Å². The normalized spacial score (nSPS) is 11.3. The molecule has 34 heavy (non-hydrogen) atoms. The molecule has 0 saturated heterocycles. The largest absolute Gasteiger partial charge is 0.481 e. The summed E-state index contributed by atoms with van der Waals surface area (Å²) < 4.78 is 32.5. The summed E-state index contributed by atoms with van der Waals surface area (Å²) in [5.41, 5.74) is 3.31. The van der Waals surface area contributed by atoms with Gasteiger partial charge in [-0.25, -0.2) is 23.7 Å². The lowest BCUT2D eigenvalue weighted by atomic mass is 10.0. The molecule has 1 amide bonds. The highest BCUT2D eigenvalue weighted by atomic mass is 19.3. The number of nitrogens with one attached hydrogen (secondary N) is 2. The third-order valence-corrected chi connectivity index (χ3v) is 5.08. The zero-order valence-electron chi connectivity index (χ0n) is 18.5. The lowest BCUT2D eigenvalue weighted by Crippen LogP contribution is -2.16. The predicted octanol–water partition coefficient (Wildman–Crippen LogP) is 4.15. The Morgan fingerprint density at radius 3 is 2.38 bits per heavy atom. The first-order chi connectivity index (χ1) is 16.3. The van der Waals surface area contributed by atoms with E-state index >= 15 is 0 Å². The number of anilines is 1. The van der Waals surface area contributed by atoms with Crippen LogP contribution in [0.4, 0.5) is 14.5 Å². The molecule has 1 aromatic carbocycles. The van der Waals surface area contributed by atoms with E-state index < -0.39 is 11.5 Å². The number of carbonyl (C=O) groups excluding carboxylic acids is 1. The minimum Gasteiger partial charge on any atom is -0.481 e. The molecule has 3 heterocycles. The Balaban J connectivity index is 1.38. The van der Waals surface area contributed by atoms with Crippen molar-refractivity contribution in [2.45, 2.75) is 25.7 Å². The molecule has 3 aromatic heterocycles. The number of nitrogens with zero attached hydrogens (tertiary/aromatic N) is 4. The molecular formula is C24H22F2N6O2. The fourth-order valence-corrected chi connectivity index (χ4v) is 3.36. The Kier molecular flexibility index (Phi) is 6.58. The summed E-state index contributed by atoms with van der Waals surface area (Å²) in [5.74, 6) is -3.00. The van der Waals surface area contributed by atoms with Crippen molar-refractivity contribution in [3.8, 4) is 17.0 Å². The number of aromatic nitrogens is 5. The SMILES string of the molecule is COc1ncc(NC(=O)Cc2ccc(-c3cnc(Cc4cn[nH]c4)nc3)cc2)cc1C(C)(F)F. The first-order valence-electron chi connectivity index (χ1n) is 10.4. The van der Waals surface area contributed by atoms with E-state index in [2.05, 4.69) is 30.5 Å². The molecule has 0 radical (unpaired) electrons. The second kappa shape index (κ2) is 9.74. The maximum Gasteiger partial charge on any atom is 0.275 e. The molecule has 4 rings (SSSR count). The van der Waals surface area contributed by atoms with Crippen LogP contribution >= 0.6 is 0 Å². The van der Waals surface area contributed by atoms with Crippen LogP contribution in [0, 0.1) is 0 Å². The monoisotopic (exact) mass is 464 g/mol. The van der Waals surface area contributed by atoms with E-state index in [0.717, 1.165) is 29.2 Å². The van der Waals surface area contributed by atoms with Gasteiger partial charge in [0, 0.05) is 37.5 Å². The van der Waals surface area contributed by atoms with Crippen LogP contribution in [0.15, 0.2) is 61.3 Å². The van der Waals surface area contributed by atoms with E-state index in [4.69, 9.17) is 4.74 Å². The van der Waals surface area contributed by atoms with Gasteiger partial charge in [0.05, 0.1) is 37.2 Å². The number of halogens is 2. The first-order valence-corrected chi connectivity index (χ1v) is 10.4.